The average molecular weight is 515 g/mol. The molecule has 2 aromatic carbocycles. The molecule has 1 fully saturated rings. The van der Waals surface area contributed by atoms with Crippen LogP contribution in [0.1, 0.15) is 48.3 Å². The number of rotatable bonds is 3. The van der Waals surface area contributed by atoms with E-state index in [2.05, 4.69) is 27.3 Å². The SMILES string of the molecule is N#Cc1cc(C2CCCC(C(=O)Nc3ccc(C(F)(F)F)cc3F)C2)ccc1Br.O=CO. The first-order valence-electron chi connectivity index (χ1n) is 9.55. The molecule has 2 aromatic rings. The van der Waals surface area contributed by atoms with Gasteiger partial charge in [-0.1, -0.05) is 12.5 Å². The van der Waals surface area contributed by atoms with Crippen LogP contribution in [-0.2, 0) is 15.8 Å². The molecule has 0 aliphatic heterocycles. The first kappa shape index (κ1) is 25.3. The van der Waals surface area contributed by atoms with Crippen molar-refractivity contribution in [1.29, 1.82) is 5.26 Å². The third kappa shape index (κ3) is 6.53. The highest BCUT2D eigenvalue weighted by atomic mass is 79.9. The Balaban J connectivity index is 0.00000114. The molecule has 2 atom stereocenters. The zero-order valence-electron chi connectivity index (χ0n) is 16.6. The standard InChI is InChI=1S/C21H17BrF4N2O.CH2O2/c22-17-6-4-13(9-15(17)11-27)12-2-1-3-14(8-12)20(29)28-19-7-5-16(10-18(19)23)21(24,25)26;2-1-3/h4-7,9-10,12,14H,1-3,8H2,(H,28,29);1H,(H,2,3). The third-order valence-corrected chi connectivity index (χ3v) is 5.87. The van der Waals surface area contributed by atoms with Gasteiger partial charge in [0.15, 0.2) is 0 Å². The molecule has 10 heteroatoms. The molecular formula is C22H19BrF4N2O3. The van der Waals surface area contributed by atoms with Crippen molar-refractivity contribution in [3.05, 3.63) is 63.4 Å². The van der Waals surface area contributed by atoms with Gasteiger partial charge >= 0.3 is 6.18 Å². The van der Waals surface area contributed by atoms with Gasteiger partial charge in [-0.2, -0.15) is 18.4 Å². The Hall–Kier alpha value is -2.93. The number of carboxylic acid groups (broad SMARTS) is 1. The van der Waals surface area contributed by atoms with Crippen LogP contribution in [-0.4, -0.2) is 17.5 Å². The lowest BCUT2D eigenvalue weighted by Gasteiger charge is -2.29. The number of halogens is 5. The minimum atomic E-state index is -4.65. The number of nitrogens with one attached hydrogen (secondary N) is 1. The Morgan fingerprint density at radius 3 is 2.50 bits per heavy atom. The van der Waals surface area contributed by atoms with Crippen molar-refractivity contribution in [3.8, 4) is 6.07 Å². The topological polar surface area (TPSA) is 90.2 Å². The largest absolute Gasteiger partial charge is 0.483 e. The highest BCUT2D eigenvalue weighted by molar-refractivity contribution is 9.10. The second-order valence-corrected chi connectivity index (χ2v) is 8.05. The summed E-state index contributed by atoms with van der Waals surface area (Å²) in [6, 6.07) is 9.68. The van der Waals surface area contributed by atoms with Crippen molar-refractivity contribution < 1.29 is 32.3 Å². The van der Waals surface area contributed by atoms with Crippen molar-refractivity contribution in [2.24, 2.45) is 5.92 Å². The van der Waals surface area contributed by atoms with Crippen molar-refractivity contribution >= 4 is 34.0 Å². The number of carbonyl (C=O) groups is 2. The summed E-state index contributed by atoms with van der Waals surface area (Å²) in [5.41, 5.74) is 0.110. The predicted octanol–water partition coefficient (Wildman–Crippen LogP) is 6.09. The van der Waals surface area contributed by atoms with Crippen LogP contribution in [0.25, 0.3) is 0 Å². The zero-order chi connectivity index (χ0) is 23.9. The van der Waals surface area contributed by atoms with Crippen molar-refractivity contribution in [1.82, 2.24) is 0 Å². The molecule has 0 heterocycles. The number of alkyl halides is 3. The maximum absolute atomic E-state index is 14.0. The summed E-state index contributed by atoms with van der Waals surface area (Å²) >= 11 is 3.32. The molecule has 0 radical (unpaired) electrons. The van der Waals surface area contributed by atoms with Crippen molar-refractivity contribution in [2.45, 2.75) is 37.8 Å². The van der Waals surface area contributed by atoms with Gasteiger partial charge in [0.1, 0.15) is 11.9 Å². The number of hydrogen-bond acceptors (Lipinski definition) is 3. The van der Waals surface area contributed by atoms with E-state index in [1.807, 2.05) is 6.07 Å². The van der Waals surface area contributed by atoms with Gasteiger partial charge in [-0.15, -0.1) is 0 Å². The monoisotopic (exact) mass is 514 g/mol. The van der Waals surface area contributed by atoms with Crippen LogP contribution in [0.15, 0.2) is 40.9 Å². The second-order valence-electron chi connectivity index (χ2n) is 7.20. The molecular weight excluding hydrogens is 496 g/mol. The molecule has 2 N–H and O–H groups in total. The number of amides is 1. The number of nitriles is 1. The summed E-state index contributed by atoms with van der Waals surface area (Å²) in [4.78, 5) is 21.0. The number of hydrogen-bond donors (Lipinski definition) is 2. The van der Waals surface area contributed by atoms with E-state index in [1.165, 1.54) is 0 Å². The molecule has 1 aliphatic carbocycles. The van der Waals surface area contributed by atoms with Crippen LogP contribution in [0.5, 0.6) is 0 Å². The molecule has 5 nitrogen and oxygen atoms in total. The molecule has 170 valence electrons. The molecule has 1 aliphatic rings. The average Bonchev–Trinajstić information content (AvgIpc) is 2.75. The van der Waals surface area contributed by atoms with E-state index in [-0.39, 0.29) is 24.0 Å². The summed E-state index contributed by atoms with van der Waals surface area (Å²) in [5, 5.41) is 18.5. The van der Waals surface area contributed by atoms with Gasteiger partial charge in [0.2, 0.25) is 5.91 Å². The first-order chi connectivity index (χ1) is 15.1. The molecule has 0 spiro atoms. The van der Waals surface area contributed by atoms with Crippen LogP contribution in [0.2, 0.25) is 0 Å². The summed E-state index contributed by atoms with van der Waals surface area (Å²) in [7, 11) is 0. The summed E-state index contributed by atoms with van der Waals surface area (Å²) in [6.45, 7) is -0.250. The molecule has 1 saturated carbocycles. The summed E-state index contributed by atoms with van der Waals surface area (Å²) in [6.07, 6.45) is -1.85. The molecule has 0 bridgehead atoms. The van der Waals surface area contributed by atoms with Gasteiger partial charge < -0.3 is 10.4 Å². The number of nitrogens with zero attached hydrogens (tertiary/aromatic N) is 1. The van der Waals surface area contributed by atoms with Crippen LogP contribution in [0.3, 0.4) is 0 Å². The minimum Gasteiger partial charge on any atom is -0.483 e. The van der Waals surface area contributed by atoms with Crippen molar-refractivity contribution in [2.75, 3.05) is 5.32 Å². The Labute approximate surface area is 190 Å². The number of carbonyl (C=O) groups excluding carboxylic acids is 1. The maximum Gasteiger partial charge on any atom is 0.416 e. The Kier molecular flexibility index (Phi) is 8.78. The zero-order valence-corrected chi connectivity index (χ0v) is 18.2. The van der Waals surface area contributed by atoms with E-state index >= 15 is 0 Å². The van der Waals surface area contributed by atoms with Gasteiger partial charge in [0.25, 0.3) is 6.47 Å². The maximum atomic E-state index is 14.0. The second kappa shape index (κ2) is 11.1. The fraction of sp³-hybridized carbons (Fsp3) is 0.318. The van der Waals surface area contributed by atoms with E-state index < -0.39 is 23.5 Å². The van der Waals surface area contributed by atoms with Gasteiger partial charge in [0, 0.05) is 10.4 Å². The Morgan fingerprint density at radius 2 is 1.91 bits per heavy atom. The third-order valence-electron chi connectivity index (χ3n) is 5.18. The predicted molar refractivity (Wildman–Crippen MR) is 112 cm³/mol. The lowest BCUT2D eigenvalue weighted by Crippen LogP contribution is -2.28. The normalized spacial score (nSPS) is 18.0. The first-order valence-corrected chi connectivity index (χ1v) is 10.3. The molecule has 3 rings (SSSR count). The highest BCUT2D eigenvalue weighted by Gasteiger charge is 2.32. The van der Waals surface area contributed by atoms with E-state index in [4.69, 9.17) is 9.90 Å². The molecule has 32 heavy (non-hydrogen) atoms. The lowest BCUT2D eigenvalue weighted by atomic mass is 9.77. The van der Waals surface area contributed by atoms with Gasteiger partial charge in [-0.25, -0.2) is 4.39 Å². The van der Waals surface area contributed by atoms with Crippen LogP contribution >= 0.6 is 15.9 Å². The highest BCUT2D eigenvalue weighted by Crippen LogP contribution is 2.38. The van der Waals surface area contributed by atoms with Crippen LogP contribution < -0.4 is 5.32 Å². The smallest absolute Gasteiger partial charge is 0.416 e. The minimum absolute atomic E-state index is 0.0807. The molecule has 0 aromatic heterocycles. The molecule has 1 amide bonds. The van der Waals surface area contributed by atoms with E-state index in [0.717, 1.165) is 30.5 Å². The number of anilines is 1. The fourth-order valence-electron chi connectivity index (χ4n) is 3.64. The quantitative estimate of drug-likeness (QED) is 0.382. The van der Waals surface area contributed by atoms with E-state index in [0.29, 0.717) is 28.9 Å². The summed E-state index contributed by atoms with van der Waals surface area (Å²) < 4.78 is 52.7. The molecule has 2 unspecified atom stereocenters. The van der Waals surface area contributed by atoms with Gasteiger partial charge in [-0.05, 0) is 77.0 Å². The van der Waals surface area contributed by atoms with Crippen molar-refractivity contribution in [3.63, 3.8) is 0 Å². The molecule has 0 saturated heterocycles. The van der Waals surface area contributed by atoms with E-state index in [1.54, 1.807) is 12.1 Å². The number of benzene rings is 2. The fourth-order valence-corrected chi connectivity index (χ4v) is 3.98. The Morgan fingerprint density at radius 1 is 1.22 bits per heavy atom. The summed E-state index contributed by atoms with van der Waals surface area (Å²) in [5.74, 6) is -1.83. The van der Waals surface area contributed by atoms with Gasteiger partial charge in [-0.3, -0.25) is 9.59 Å². The lowest BCUT2D eigenvalue weighted by molar-refractivity contribution is -0.137. The van der Waals surface area contributed by atoms with Gasteiger partial charge in [0.05, 0.1) is 16.8 Å². The van der Waals surface area contributed by atoms with Crippen LogP contribution in [0, 0.1) is 23.1 Å². The Bertz CT molecular complexity index is 1020. The van der Waals surface area contributed by atoms with Crippen LogP contribution in [0.4, 0.5) is 23.2 Å². The van der Waals surface area contributed by atoms with E-state index in [9.17, 15) is 27.6 Å².